The molecule has 0 N–H and O–H groups in total. The molecule has 0 aromatic heterocycles. The Morgan fingerprint density at radius 2 is 1.11 bits per heavy atom. The van der Waals surface area contributed by atoms with Crippen molar-refractivity contribution in [2.75, 3.05) is 13.2 Å². The molecular weight excluding hydrogens is 376 g/mol. The van der Waals surface area contributed by atoms with Gasteiger partial charge < -0.3 is 29.3 Å². The van der Waals surface area contributed by atoms with E-state index in [1.54, 1.807) is 48.6 Å². The molecule has 0 saturated heterocycles. The van der Waals surface area contributed by atoms with E-state index in [4.69, 9.17) is 9.47 Å². The normalized spacial score (nSPS) is 8.89. The van der Waals surface area contributed by atoms with E-state index in [1.165, 1.54) is 12.1 Å². The summed E-state index contributed by atoms with van der Waals surface area (Å²) in [6.45, 7) is 7.49. The third-order valence-electron chi connectivity index (χ3n) is 2.93. The van der Waals surface area contributed by atoms with Crippen molar-refractivity contribution < 1.29 is 29.3 Å². The van der Waals surface area contributed by atoms with Gasteiger partial charge in [0.25, 0.3) is 0 Å². The second-order valence-electron chi connectivity index (χ2n) is 4.77. The summed E-state index contributed by atoms with van der Waals surface area (Å²) in [6, 6.07) is 12.7. The summed E-state index contributed by atoms with van der Waals surface area (Å²) in [5.41, 5.74) is 0.119. The number of hydrogen-bond donors (Lipinski definition) is 0. The minimum atomic E-state index is -1.24. The number of hydrogen-bond acceptors (Lipinski definition) is 6. The standard InChI is InChI=1S/2C10H10O3.Ca/c2*1-2-7-13-9-6-4-3-5-8(9)10(11)12;/h2*2-6H,1,7H2,(H,11,12);/q;;+2/p-2. The van der Waals surface area contributed by atoms with Gasteiger partial charge in [0.05, 0.1) is 11.9 Å². The van der Waals surface area contributed by atoms with E-state index in [2.05, 4.69) is 13.2 Å². The molecule has 2 rings (SSSR count). The molecule has 0 amide bonds. The fraction of sp³-hybridized carbons (Fsp3) is 0.100. The molecule has 0 unspecified atom stereocenters. The number of para-hydroxylation sites is 2. The summed E-state index contributed by atoms with van der Waals surface area (Å²) in [6.07, 6.45) is 3.10. The molecule has 0 atom stereocenters. The summed E-state index contributed by atoms with van der Waals surface area (Å²) in [4.78, 5) is 21.1. The summed E-state index contributed by atoms with van der Waals surface area (Å²) in [5, 5.41) is 21.1. The molecule has 0 radical (unpaired) electrons. The van der Waals surface area contributed by atoms with Crippen LogP contribution in [-0.4, -0.2) is 62.9 Å². The van der Waals surface area contributed by atoms with E-state index in [-0.39, 0.29) is 62.1 Å². The molecule has 0 spiro atoms. The van der Waals surface area contributed by atoms with Gasteiger partial charge in [0.15, 0.2) is 0 Å². The molecule has 7 heteroatoms. The van der Waals surface area contributed by atoms with Crippen LogP contribution in [0.15, 0.2) is 73.8 Å². The van der Waals surface area contributed by atoms with E-state index < -0.39 is 11.9 Å². The topological polar surface area (TPSA) is 98.7 Å². The molecule has 2 aromatic carbocycles. The number of carbonyl (C=O) groups excluding carboxylic acids is 2. The van der Waals surface area contributed by atoms with Crippen LogP contribution in [0, 0.1) is 0 Å². The smallest absolute Gasteiger partial charge is 0.545 e. The van der Waals surface area contributed by atoms with Gasteiger partial charge >= 0.3 is 37.7 Å². The van der Waals surface area contributed by atoms with E-state index in [0.717, 1.165) is 0 Å². The maximum atomic E-state index is 10.6. The van der Waals surface area contributed by atoms with Gasteiger partial charge in [-0.2, -0.15) is 0 Å². The van der Waals surface area contributed by atoms with Crippen molar-refractivity contribution in [2.45, 2.75) is 0 Å². The predicted octanol–water partition coefficient (Wildman–Crippen LogP) is 0.849. The molecule has 0 aliphatic rings. The predicted molar refractivity (Wildman–Crippen MR) is 98.7 cm³/mol. The van der Waals surface area contributed by atoms with Crippen LogP contribution in [0.3, 0.4) is 0 Å². The van der Waals surface area contributed by atoms with Crippen molar-refractivity contribution in [3.63, 3.8) is 0 Å². The Hall–Kier alpha value is -2.28. The molecule has 0 fully saturated rings. The van der Waals surface area contributed by atoms with Gasteiger partial charge in [0, 0.05) is 11.1 Å². The molecule has 0 bridgehead atoms. The van der Waals surface area contributed by atoms with Crippen LogP contribution >= 0.6 is 0 Å². The number of benzene rings is 2. The average molecular weight is 394 g/mol. The third-order valence-corrected chi connectivity index (χ3v) is 2.93. The summed E-state index contributed by atoms with van der Waals surface area (Å²) in [7, 11) is 0. The van der Waals surface area contributed by atoms with Gasteiger partial charge in [-0.25, -0.2) is 0 Å². The van der Waals surface area contributed by atoms with Gasteiger partial charge in [-0.05, 0) is 24.3 Å². The Bertz CT molecular complexity index is 707. The van der Waals surface area contributed by atoms with Crippen LogP contribution in [0.1, 0.15) is 20.7 Å². The van der Waals surface area contributed by atoms with Crippen LogP contribution in [0.2, 0.25) is 0 Å². The van der Waals surface area contributed by atoms with Crippen molar-refractivity contribution in [2.24, 2.45) is 0 Å². The van der Waals surface area contributed by atoms with Gasteiger partial charge in [0.2, 0.25) is 0 Å². The van der Waals surface area contributed by atoms with Gasteiger partial charge in [-0.3, -0.25) is 0 Å². The van der Waals surface area contributed by atoms with Crippen LogP contribution in [0.25, 0.3) is 0 Å². The molecule has 0 saturated carbocycles. The first kappa shape index (κ1) is 24.7. The number of carboxylic acid groups (broad SMARTS) is 2. The molecule has 0 aliphatic heterocycles. The van der Waals surface area contributed by atoms with Crippen molar-refractivity contribution >= 4 is 49.7 Å². The zero-order valence-corrected chi connectivity index (χ0v) is 17.0. The van der Waals surface area contributed by atoms with Gasteiger partial charge in [-0.1, -0.05) is 49.6 Å². The van der Waals surface area contributed by atoms with E-state index in [1.807, 2.05) is 0 Å². The quantitative estimate of drug-likeness (QED) is 0.486. The second kappa shape index (κ2) is 13.9. The maximum absolute atomic E-state index is 10.6. The molecular formula is C20H18CaO6. The Kier molecular flexibility index (Phi) is 12.7. The minimum absolute atomic E-state index is 0. The zero-order valence-electron chi connectivity index (χ0n) is 14.8. The Labute approximate surface area is 187 Å². The van der Waals surface area contributed by atoms with Crippen LogP contribution in [0.5, 0.6) is 11.5 Å². The van der Waals surface area contributed by atoms with Gasteiger partial charge in [-0.15, -0.1) is 0 Å². The minimum Gasteiger partial charge on any atom is -0.545 e. The largest absolute Gasteiger partial charge is 2.00 e. The molecule has 2 aromatic rings. The Morgan fingerprint density at radius 3 is 1.41 bits per heavy atom. The number of rotatable bonds is 8. The first-order valence-corrected chi connectivity index (χ1v) is 7.59. The maximum Gasteiger partial charge on any atom is 2.00 e. The number of aromatic carboxylic acids is 2. The zero-order chi connectivity index (χ0) is 19.4. The van der Waals surface area contributed by atoms with Crippen LogP contribution in [0.4, 0.5) is 0 Å². The van der Waals surface area contributed by atoms with Crippen molar-refractivity contribution in [3.8, 4) is 11.5 Å². The summed E-state index contributed by atoms with van der Waals surface area (Å²) >= 11 is 0. The molecule has 0 heterocycles. The van der Waals surface area contributed by atoms with Crippen molar-refractivity contribution in [3.05, 3.63) is 85.0 Å². The molecule has 136 valence electrons. The fourth-order valence-corrected chi connectivity index (χ4v) is 1.82. The third kappa shape index (κ3) is 8.77. The summed E-state index contributed by atoms with van der Waals surface area (Å²) < 4.78 is 10.2. The van der Waals surface area contributed by atoms with Crippen molar-refractivity contribution in [1.29, 1.82) is 0 Å². The fourth-order valence-electron chi connectivity index (χ4n) is 1.82. The second-order valence-corrected chi connectivity index (χ2v) is 4.77. The molecule has 6 nitrogen and oxygen atoms in total. The van der Waals surface area contributed by atoms with E-state index >= 15 is 0 Å². The Morgan fingerprint density at radius 1 is 0.778 bits per heavy atom. The molecule has 0 aliphatic carbocycles. The summed E-state index contributed by atoms with van der Waals surface area (Å²) in [5.74, 6) is -1.86. The Balaban J connectivity index is 0.000000483. The monoisotopic (exact) mass is 394 g/mol. The first-order valence-electron chi connectivity index (χ1n) is 7.59. The average Bonchev–Trinajstić information content (AvgIpc) is 2.65. The number of carbonyl (C=O) groups is 2. The van der Waals surface area contributed by atoms with Crippen molar-refractivity contribution in [1.82, 2.24) is 0 Å². The van der Waals surface area contributed by atoms with Crippen LogP contribution in [-0.2, 0) is 0 Å². The first-order chi connectivity index (χ1) is 12.5. The number of carboxylic acids is 2. The van der Waals surface area contributed by atoms with Gasteiger partial charge in [0.1, 0.15) is 24.7 Å². The SMILES string of the molecule is C=CCOc1ccccc1C(=O)[O-].C=CCOc1ccccc1C(=O)[O-].[Ca+2]. The van der Waals surface area contributed by atoms with E-state index in [9.17, 15) is 19.8 Å². The van der Waals surface area contributed by atoms with E-state index in [0.29, 0.717) is 11.5 Å². The molecule has 27 heavy (non-hydrogen) atoms. The number of ether oxygens (including phenoxy) is 2. The van der Waals surface area contributed by atoms with Crippen LogP contribution < -0.4 is 19.7 Å².